The highest BCUT2D eigenvalue weighted by Crippen LogP contribution is 2.20. The predicted octanol–water partition coefficient (Wildman–Crippen LogP) is 3.09. The van der Waals surface area contributed by atoms with Crippen LogP contribution in [0.15, 0.2) is 42.5 Å². The van der Waals surface area contributed by atoms with Gasteiger partial charge < -0.3 is 10.1 Å². The molecule has 0 bridgehead atoms. The lowest BCUT2D eigenvalue weighted by Gasteiger charge is -2.29. The molecular weight excluding hydrogens is 434 g/mol. The Morgan fingerprint density at radius 1 is 1.09 bits per heavy atom. The molecule has 0 fully saturated rings. The molecule has 2 rings (SSSR count). The number of benzene rings is 2. The SMILES string of the molecule is CC[C@@H](C(=O)Nc1cccc(F)c1C(=O)N[NH2+]c1ccc(F)cc1)N(C)C(=O)OC(C)(C)C. The van der Waals surface area contributed by atoms with Gasteiger partial charge in [-0.1, -0.05) is 13.0 Å². The number of nitrogens with two attached hydrogens (primary N) is 1. The van der Waals surface area contributed by atoms with Crippen LogP contribution < -0.4 is 16.2 Å². The Balaban J connectivity index is 2.17. The topological polar surface area (TPSA) is 104 Å². The van der Waals surface area contributed by atoms with E-state index in [1.54, 1.807) is 27.7 Å². The number of amides is 3. The maximum Gasteiger partial charge on any atom is 0.410 e. The van der Waals surface area contributed by atoms with Crippen molar-refractivity contribution in [3.8, 4) is 0 Å². The van der Waals surface area contributed by atoms with E-state index < -0.39 is 41.2 Å². The lowest BCUT2D eigenvalue weighted by Crippen LogP contribution is -2.89. The normalized spacial score (nSPS) is 12.0. The minimum absolute atomic E-state index is 0.0546. The van der Waals surface area contributed by atoms with Crippen LogP contribution in [0.5, 0.6) is 0 Å². The summed E-state index contributed by atoms with van der Waals surface area (Å²) in [4.78, 5) is 39.1. The second-order valence-corrected chi connectivity index (χ2v) is 8.34. The van der Waals surface area contributed by atoms with Crippen molar-refractivity contribution >= 4 is 29.3 Å². The summed E-state index contributed by atoms with van der Waals surface area (Å²) < 4.78 is 32.9. The van der Waals surface area contributed by atoms with Crippen molar-refractivity contribution in [3.05, 3.63) is 59.7 Å². The molecule has 3 amide bonds. The minimum atomic E-state index is -0.912. The number of hydrogen-bond donors (Lipinski definition) is 3. The van der Waals surface area contributed by atoms with Gasteiger partial charge in [-0.15, -0.1) is 0 Å². The average Bonchev–Trinajstić information content (AvgIpc) is 2.72. The first kappa shape index (κ1) is 25.7. The van der Waals surface area contributed by atoms with Gasteiger partial charge in [-0.25, -0.2) is 19.0 Å². The van der Waals surface area contributed by atoms with Crippen molar-refractivity contribution in [2.75, 3.05) is 12.4 Å². The molecule has 0 unspecified atom stereocenters. The number of nitrogen functional groups attached to an aromatic ring is 1. The van der Waals surface area contributed by atoms with Crippen molar-refractivity contribution in [1.82, 2.24) is 10.3 Å². The summed E-state index contributed by atoms with van der Waals surface area (Å²) in [5, 5.41) is 2.53. The number of carbonyl (C=O) groups excluding carboxylic acids is 3. The second kappa shape index (κ2) is 10.9. The Morgan fingerprint density at radius 3 is 2.30 bits per heavy atom. The first-order valence-electron chi connectivity index (χ1n) is 10.4. The number of rotatable bonds is 7. The number of anilines is 1. The summed E-state index contributed by atoms with van der Waals surface area (Å²) in [6, 6.07) is 8.24. The maximum atomic E-state index is 14.5. The molecule has 0 aliphatic rings. The highest BCUT2D eigenvalue weighted by atomic mass is 19.1. The van der Waals surface area contributed by atoms with Gasteiger partial charge in [0.2, 0.25) is 5.91 Å². The smallest absolute Gasteiger partial charge is 0.410 e. The van der Waals surface area contributed by atoms with Gasteiger partial charge in [-0.2, -0.15) is 5.43 Å². The van der Waals surface area contributed by atoms with E-state index in [2.05, 4.69) is 10.7 Å². The van der Waals surface area contributed by atoms with Gasteiger partial charge in [-0.05, 0) is 51.5 Å². The van der Waals surface area contributed by atoms with Gasteiger partial charge in [0.25, 0.3) is 0 Å². The van der Waals surface area contributed by atoms with Crippen LogP contribution >= 0.6 is 0 Å². The molecule has 0 saturated carbocycles. The summed E-state index contributed by atoms with van der Waals surface area (Å²) in [5.41, 5.74) is 3.06. The molecule has 0 heterocycles. The van der Waals surface area contributed by atoms with E-state index in [-0.39, 0.29) is 17.7 Å². The lowest BCUT2D eigenvalue weighted by atomic mass is 10.1. The van der Waals surface area contributed by atoms with E-state index in [1.165, 1.54) is 48.9 Å². The Morgan fingerprint density at radius 2 is 1.73 bits per heavy atom. The van der Waals surface area contributed by atoms with E-state index in [0.717, 1.165) is 11.0 Å². The number of ether oxygens (including phenoxy) is 1. The van der Waals surface area contributed by atoms with Crippen molar-refractivity contribution in [2.24, 2.45) is 0 Å². The molecule has 0 spiro atoms. The van der Waals surface area contributed by atoms with Crippen LogP contribution in [0.3, 0.4) is 0 Å². The van der Waals surface area contributed by atoms with Crippen molar-refractivity contribution in [3.63, 3.8) is 0 Å². The average molecular weight is 464 g/mol. The molecule has 0 aromatic heterocycles. The highest BCUT2D eigenvalue weighted by molar-refractivity contribution is 6.05. The molecule has 4 N–H and O–H groups in total. The Labute approximate surface area is 191 Å². The molecule has 0 aliphatic heterocycles. The monoisotopic (exact) mass is 463 g/mol. The molecule has 10 heteroatoms. The lowest BCUT2D eigenvalue weighted by molar-refractivity contribution is -0.618. The van der Waals surface area contributed by atoms with Gasteiger partial charge in [0.15, 0.2) is 5.69 Å². The largest absolute Gasteiger partial charge is 0.444 e. The van der Waals surface area contributed by atoms with Crippen LogP contribution in [0.4, 0.5) is 25.0 Å². The van der Waals surface area contributed by atoms with Crippen LogP contribution in [-0.4, -0.2) is 41.5 Å². The van der Waals surface area contributed by atoms with E-state index in [9.17, 15) is 23.2 Å². The van der Waals surface area contributed by atoms with Crippen molar-refractivity contribution < 1.29 is 33.3 Å². The van der Waals surface area contributed by atoms with Crippen LogP contribution in [0.25, 0.3) is 0 Å². The number of likely N-dealkylation sites (N-methyl/N-ethyl adjacent to an activating group) is 1. The summed E-state index contributed by atoms with van der Waals surface area (Å²) in [6.45, 7) is 6.84. The summed E-state index contributed by atoms with van der Waals surface area (Å²) in [7, 11) is 1.43. The summed E-state index contributed by atoms with van der Waals surface area (Å²) in [6.07, 6.45) is -0.424. The van der Waals surface area contributed by atoms with E-state index in [1.807, 2.05) is 0 Å². The maximum absolute atomic E-state index is 14.5. The molecule has 0 aliphatic carbocycles. The van der Waals surface area contributed by atoms with Gasteiger partial charge >= 0.3 is 12.0 Å². The zero-order valence-electron chi connectivity index (χ0n) is 19.2. The molecule has 0 saturated heterocycles. The second-order valence-electron chi connectivity index (χ2n) is 8.34. The standard InChI is InChI=1S/C23H28F2N4O4/c1-6-18(29(5)22(32)33-23(2,3)4)20(30)26-17-9-7-8-16(25)19(17)21(31)28-27-15-12-10-14(24)11-13-15/h7-13,18,27H,6H2,1-5H3,(H,26,30)(H,28,31)/p+1/t18-/m0/s1. The Bertz CT molecular complexity index is 1010. The minimum Gasteiger partial charge on any atom is -0.444 e. The molecule has 0 radical (unpaired) electrons. The van der Waals surface area contributed by atoms with Gasteiger partial charge in [0, 0.05) is 19.2 Å². The molecule has 8 nitrogen and oxygen atoms in total. The number of halogens is 2. The zero-order valence-corrected chi connectivity index (χ0v) is 19.2. The summed E-state index contributed by atoms with van der Waals surface area (Å²) in [5.74, 6) is -2.68. The number of nitrogens with one attached hydrogen (secondary N) is 2. The number of quaternary nitrogens is 1. The predicted molar refractivity (Wildman–Crippen MR) is 119 cm³/mol. The number of nitrogens with zero attached hydrogens (tertiary/aromatic N) is 1. The first-order valence-corrected chi connectivity index (χ1v) is 10.4. The van der Waals surface area contributed by atoms with Crippen LogP contribution in [0.2, 0.25) is 0 Å². The van der Waals surface area contributed by atoms with Gasteiger partial charge in [0.1, 0.15) is 28.8 Å². The number of hydrogen-bond acceptors (Lipinski definition) is 4. The molecule has 33 heavy (non-hydrogen) atoms. The third-order valence-electron chi connectivity index (χ3n) is 4.58. The first-order chi connectivity index (χ1) is 15.4. The fourth-order valence-electron chi connectivity index (χ4n) is 2.95. The van der Waals surface area contributed by atoms with Crippen molar-refractivity contribution in [2.45, 2.75) is 45.8 Å². The molecule has 178 valence electrons. The van der Waals surface area contributed by atoms with Crippen LogP contribution in [0, 0.1) is 11.6 Å². The third-order valence-corrected chi connectivity index (χ3v) is 4.58. The molecule has 1 atom stereocenters. The quantitative estimate of drug-likeness (QED) is 0.254. The van der Waals surface area contributed by atoms with Gasteiger partial charge in [0.05, 0.1) is 5.69 Å². The van der Waals surface area contributed by atoms with Crippen molar-refractivity contribution in [1.29, 1.82) is 0 Å². The third kappa shape index (κ3) is 7.25. The van der Waals surface area contributed by atoms with Crippen LogP contribution in [0.1, 0.15) is 44.5 Å². The zero-order chi connectivity index (χ0) is 24.8. The Hall–Kier alpha value is -3.53. The Kier molecular flexibility index (Phi) is 8.47. The molecular formula is C23H29F2N4O4+. The number of carbonyl (C=O) groups is 3. The summed E-state index contributed by atoms with van der Waals surface area (Å²) >= 11 is 0. The van der Waals surface area contributed by atoms with E-state index in [4.69, 9.17) is 4.74 Å². The highest BCUT2D eigenvalue weighted by Gasteiger charge is 2.30. The van der Waals surface area contributed by atoms with Crippen LogP contribution in [-0.2, 0) is 9.53 Å². The fraction of sp³-hybridized carbons (Fsp3) is 0.348. The molecule has 2 aromatic rings. The van der Waals surface area contributed by atoms with E-state index in [0.29, 0.717) is 5.69 Å². The molecule has 2 aromatic carbocycles. The van der Waals surface area contributed by atoms with Gasteiger partial charge in [-0.3, -0.25) is 14.5 Å². The van der Waals surface area contributed by atoms with E-state index >= 15 is 0 Å². The fourth-order valence-corrected chi connectivity index (χ4v) is 2.95.